The average molecular weight is 370 g/mol. The molecule has 0 N–H and O–H groups in total. The zero-order chi connectivity index (χ0) is 15.2. The summed E-state index contributed by atoms with van der Waals surface area (Å²) in [5, 5.41) is -0.530. The van der Waals surface area contributed by atoms with Crippen LogP contribution in [-0.4, -0.2) is 5.24 Å². The van der Waals surface area contributed by atoms with E-state index in [0.717, 1.165) is 15.6 Å². The lowest BCUT2D eigenvalue weighted by atomic mass is 10.2. The summed E-state index contributed by atoms with van der Waals surface area (Å²) in [6.45, 7) is 0.270. The summed E-state index contributed by atoms with van der Waals surface area (Å²) in [4.78, 5) is 10.7. The Kier molecular flexibility index (Phi) is 5.53. The third-order valence-corrected chi connectivity index (χ3v) is 3.39. The van der Waals surface area contributed by atoms with E-state index in [2.05, 4.69) is 15.9 Å². The monoisotopic (exact) mass is 368 g/mol. The van der Waals surface area contributed by atoms with Crippen molar-refractivity contribution in [3.05, 3.63) is 70.0 Å². The summed E-state index contributed by atoms with van der Waals surface area (Å²) in [5.74, 6) is 0.343. The lowest BCUT2D eigenvalue weighted by Gasteiger charge is -2.09. The summed E-state index contributed by atoms with van der Waals surface area (Å²) >= 11 is 8.63. The Labute approximate surface area is 135 Å². The van der Waals surface area contributed by atoms with Crippen LogP contribution in [0.15, 0.2) is 53.0 Å². The van der Waals surface area contributed by atoms with Crippen molar-refractivity contribution in [2.24, 2.45) is 0 Å². The maximum Gasteiger partial charge on any atom is 0.245 e. The van der Waals surface area contributed by atoms with Gasteiger partial charge in [0.05, 0.1) is 4.47 Å². The number of hydrogen-bond acceptors (Lipinski definition) is 2. The Bertz CT molecular complexity index is 686. The van der Waals surface area contributed by atoms with Crippen molar-refractivity contribution in [1.29, 1.82) is 0 Å². The highest BCUT2D eigenvalue weighted by Crippen LogP contribution is 2.27. The Morgan fingerprint density at radius 2 is 2.10 bits per heavy atom. The third kappa shape index (κ3) is 4.99. The SMILES string of the molecule is O=C(Cl)/C=C/c1ccc(OCc2cccc(F)c2)c(Br)c1. The highest BCUT2D eigenvalue weighted by molar-refractivity contribution is 9.10. The molecule has 0 aromatic heterocycles. The van der Waals surface area contributed by atoms with Gasteiger partial charge in [-0.25, -0.2) is 4.39 Å². The highest BCUT2D eigenvalue weighted by Gasteiger charge is 2.03. The highest BCUT2D eigenvalue weighted by atomic mass is 79.9. The molecule has 0 atom stereocenters. The predicted octanol–water partition coefficient (Wildman–Crippen LogP) is 4.95. The third-order valence-electron chi connectivity index (χ3n) is 2.65. The van der Waals surface area contributed by atoms with Crippen LogP contribution < -0.4 is 4.74 Å². The van der Waals surface area contributed by atoms with Crippen LogP contribution in [0.4, 0.5) is 4.39 Å². The second-order valence-electron chi connectivity index (χ2n) is 4.25. The summed E-state index contributed by atoms with van der Waals surface area (Å²) in [7, 11) is 0. The Morgan fingerprint density at radius 3 is 2.76 bits per heavy atom. The van der Waals surface area contributed by atoms with Crippen LogP contribution >= 0.6 is 27.5 Å². The van der Waals surface area contributed by atoms with E-state index >= 15 is 0 Å². The molecule has 2 aromatic rings. The number of carbonyl (C=O) groups is 1. The molecule has 0 saturated heterocycles. The Balaban J connectivity index is 2.06. The minimum Gasteiger partial charge on any atom is -0.488 e. The molecule has 0 amide bonds. The quantitative estimate of drug-likeness (QED) is 0.551. The second kappa shape index (κ2) is 7.38. The minimum absolute atomic E-state index is 0.270. The smallest absolute Gasteiger partial charge is 0.245 e. The molecule has 0 aliphatic carbocycles. The van der Waals surface area contributed by atoms with Crippen LogP contribution in [0.1, 0.15) is 11.1 Å². The molecule has 2 rings (SSSR count). The number of benzene rings is 2. The maximum absolute atomic E-state index is 13.1. The van der Waals surface area contributed by atoms with Crippen LogP contribution in [0.5, 0.6) is 5.75 Å². The van der Waals surface area contributed by atoms with Crippen LogP contribution in [0.2, 0.25) is 0 Å². The summed E-state index contributed by atoms with van der Waals surface area (Å²) in [6.07, 6.45) is 2.88. The molecule has 0 heterocycles. The van der Waals surface area contributed by atoms with Crippen molar-refractivity contribution < 1.29 is 13.9 Å². The van der Waals surface area contributed by atoms with E-state index in [1.54, 1.807) is 36.4 Å². The molecule has 2 nitrogen and oxygen atoms in total. The van der Waals surface area contributed by atoms with Crippen LogP contribution in [0.25, 0.3) is 6.08 Å². The number of hydrogen-bond donors (Lipinski definition) is 0. The molecule has 0 fully saturated rings. The standard InChI is InChI=1S/C16H11BrClFO2/c17-14-9-11(5-7-16(18)20)4-6-15(14)21-10-12-2-1-3-13(19)8-12/h1-9H,10H2/b7-5+. The molecular weight excluding hydrogens is 359 g/mol. The molecule has 0 aliphatic rings. The minimum atomic E-state index is -0.530. The zero-order valence-corrected chi connectivity index (χ0v) is 13.2. The van der Waals surface area contributed by atoms with E-state index in [9.17, 15) is 9.18 Å². The van der Waals surface area contributed by atoms with E-state index < -0.39 is 5.24 Å². The van der Waals surface area contributed by atoms with Crippen molar-refractivity contribution in [2.45, 2.75) is 6.61 Å². The predicted molar refractivity (Wildman–Crippen MR) is 84.8 cm³/mol. The lowest BCUT2D eigenvalue weighted by molar-refractivity contribution is -0.107. The van der Waals surface area contributed by atoms with Gasteiger partial charge in [-0.3, -0.25) is 4.79 Å². The Hall–Kier alpha value is -1.65. The molecule has 2 aromatic carbocycles. The number of carbonyl (C=O) groups excluding carboxylic acids is 1. The van der Waals surface area contributed by atoms with Crippen molar-refractivity contribution in [2.75, 3.05) is 0 Å². The van der Waals surface area contributed by atoms with Gasteiger partial charge < -0.3 is 4.74 Å². The lowest BCUT2D eigenvalue weighted by Crippen LogP contribution is -1.96. The molecule has 0 bridgehead atoms. The fourth-order valence-corrected chi connectivity index (χ4v) is 2.26. The van der Waals surface area contributed by atoms with Gasteiger partial charge in [-0.1, -0.05) is 24.3 Å². The molecule has 21 heavy (non-hydrogen) atoms. The van der Waals surface area contributed by atoms with Crippen molar-refractivity contribution in [3.8, 4) is 5.75 Å². The summed E-state index contributed by atoms with van der Waals surface area (Å²) in [6, 6.07) is 11.6. The molecule has 108 valence electrons. The second-order valence-corrected chi connectivity index (χ2v) is 5.47. The van der Waals surface area contributed by atoms with E-state index in [4.69, 9.17) is 16.3 Å². The van der Waals surface area contributed by atoms with Gasteiger partial charge in [0.2, 0.25) is 5.24 Å². The first-order valence-electron chi connectivity index (χ1n) is 6.09. The van der Waals surface area contributed by atoms with Gasteiger partial charge in [0.25, 0.3) is 0 Å². The largest absolute Gasteiger partial charge is 0.488 e. The topological polar surface area (TPSA) is 26.3 Å². The molecule has 5 heteroatoms. The van der Waals surface area contributed by atoms with Gasteiger partial charge in [0.1, 0.15) is 18.2 Å². The molecule has 0 aliphatic heterocycles. The van der Waals surface area contributed by atoms with Crippen LogP contribution in [0.3, 0.4) is 0 Å². The molecule has 0 spiro atoms. The van der Waals surface area contributed by atoms with E-state index in [0.29, 0.717) is 5.75 Å². The first-order valence-corrected chi connectivity index (χ1v) is 7.26. The van der Waals surface area contributed by atoms with Gasteiger partial charge in [-0.2, -0.15) is 0 Å². The van der Waals surface area contributed by atoms with Gasteiger partial charge in [0, 0.05) is 0 Å². The molecule has 0 unspecified atom stereocenters. The molecular formula is C16H11BrClFO2. The summed E-state index contributed by atoms with van der Waals surface area (Å²) in [5.41, 5.74) is 1.56. The van der Waals surface area contributed by atoms with E-state index in [1.807, 2.05) is 0 Å². The van der Waals surface area contributed by atoms with E-state index in [-0.39, 0.29) is 12.4 Å². The van der Waals surface area contributed by atoms with Gasteiger partial charge in [-0.05, 0) is 69.0 Å². The van der Waals surface area contributed by atoms with Crippen molar-refractivity contribution >= 4 is 38.8 Å². The number of allylic oxidation sites excluding steroid dienone is 1. The van der Waals surface area contributed by atoms with E-state index in [1.165, 1.54) is 18.2 Å². The fraction of sp³-hybridized carbons (Fsp3) is 0.0625. The molecule has 0 radical (unpaired) electrons. The maximum atomic E-state index is 13.1. The van der Waals surface area contributed by atoms with Crippen LogP contribution in [-0.2, 0) is 11.4 Å². The van der Waals surface area contributed by atoms with Gasteiger partial charge >= 0.3 is 0 Å². The zero-order valence-electron chi connectivity index (χ0n) is 10.9. The fourth-order valence-electron chi connectivity index (χ4n) is 1.69. The Morgan fingerprint density at radius 1 is 1.29 bits per heavy atom. The first-order chi connectivity index (χ1) is 10.0. The van der Waals surface area contributed by atoms with Crippen molar-refractivity contribution in [1.82, 2.24) is 0 Å². The molecule has 0 saturated carbocycles. The normalized spacial score (nSPS) is 10.8. The summed E-state index contributed by atoms with van der Waals surface area (Å²) < 4.78 is 19.4. The first kappa shape index (κ1) is 15.7. The number of ether oxygens (including phenoxy) is 1. The number of halogens is 3. The average Bonchev–Trinajstić information content (AvgIpc) is 2.44. The van der Waals surface area contributed by atoms with Gasteiger partial charge in [0.15, 0.2) is 0 Å². The van der Waals surface area contributed by atoms with Crippen molar-refractivity contribution in [3.63, 3.8) is 0 Å². The van der Waals surface area contributed by atoms with Gasteiger partial charge in [-0.15, -0.1) is 0 Å². The number of rotatable bonds is 5. The van der Waals surface area contributed by atoms with Crippen LogP contribution in [0, 0.1) is 5.82 Å².